The van der Waals surface area contributed by atoms with Gasteiger partial charge in [-0.15, -0.1) is 0 Å². The predicted octanol–water partition coefficient (Wildman–Crippen LogP) is 2.12. The van der Waals surface area contributed by atoms with Crippen LogP contribution in [0, 0.1) is 5.92 Å². The molecule has 1 aromatic carbocycles. The van der Waals surface area contributed by atoms with Crippen LogP contribution in [0.15, 0.2) is 35.3 Å². The number of methoxy groups -OCH3 is 1. The molecular formula is C20H34N4O2. The van der Waals surface area contributed by atoms with E-state index < -0.39 is 0 Å². The summed E-state index contributed by atoms with van der Waals surface area (Å²) in [4.78, 5) is 7.23. The summed E-state index contributed by atoms with van der Waals surface area (Å²) >= 11 is 0. The molecule has 1 fully saturated rings. The molecule has 0 aromatic heterocycles. The van der Waals surface area contributed by atoms with Crippen LogP contribution in [0.25, 0.3) is 0 Å². The van der Waals surface area contributed by atoms with Crippen LogP contribution in [0.2, 0.25) is 0 Å². The van der Waals surface area contributed by atoms with E-state index in [1.165, 1.54) is 12.1 Å². The lowest BCUT2D eigenvalue weighted by molar-refractivity contribution is 0.0698. The van der Waals surface area contributed by atoms with Crippen molar-refractivity contribution in [2.75, 3.05) is 64.6 Å². The lowest BCUT2D eigenvalue weighted by atomic mass is 10.1. The zero-order chi connectivity index (χ0) is 18.5. The van der Waals surface area contributed by atoms with Crippen molar-refractivity contribution >= 4 is 11.6 Å². The molecule has 1 heterocycles. The molecule has 2 N–H and O–H groups in total. The van der Waals surface area contributed by atoms with E-state index in [0.717, 1.165) is 51.7 Å². The molecule has 1 unspecified atom stereocenters. The summed E-state index contributed by atoms with van der Waals surface area (Å²) in [6, 6.07) is 10.6. The highest BCUT2D eigenvalue weighted by molar-refractivity contribution is 5.79. The van der Waals surface area contributed by atoms with E-state index in [-0.39, 0.29) is 0 Å². The minimum absolute atomic E-state index is 0.614. The zero-order valence-corrected chi connectivity index (χ0v) is 16.2. The molecule has 146 valence electrons. The Bertz CT molecular complexity index is 510. The van der Waals surface area contributed by atoms with Crippen LogP contribution >= 0.6 is 0 Å². The molecule has 1 saturated heterocycles. The van der Waals surface area contributed by atoms with E-state index in [9.17, 15) is 0 Å². The van der Waals surface area contributed by atoms with Crippen LogP contribution in [0.4, 0.5) is 5.69 Å². The quantitative estimate of drug-likeness (QED) is 0.359. The maximum Gasteiger partial charge on any atom is 0.191 e. The Labute approximate surface area is 158 Å². The summed E-state index contributed by atoms with van der Waals surface area (Å²) in [6.45, 7) is 8.94. The first-order chi connectivity index (χ1) is 12.8. The average Bonchev–Trinajstić information content (AvgIpc) is 3.15. The van der Waals surface area contributed by atoms with Crippen LogP contribution in [-0.4, -0.2) is 65.6 Å². The van der Waals surface area contributed by atoms with Crippen LogP contribution in [-0.2, 0) is 9.47 Å². The average molecular weight is 363 g/mol. The van der Waals surface area contributed by atoms with Crippen LogP contribution in [0.3, 0.4) is 0 Å². The normalized spacial score (nSPS) is 17.5. The van der Waals surface area contributed by atoms with Gasteiger partial charge in [-0.1, -0.05) is 18.2 Å². The van der Waals surface area contributed by atoms with E-state index in [2.05, 4.69) is 52.8 Å². The topological polar surface area (TPSA) is 58.1 Å². The molecule has 2 rings (SSSR count). The standard InChI is InChI=1S/C20H34N4O2/c1-3-21-20(22-11-7-13-26-15-14-25-2)23-16-18-10-12-24(17-18)19-8-5-4-6-9-19/h4-6,8-9,18H,3,7,10-17H2,1-2H3,(H2,21,22,23). The molecular weight excluding hydrogens is 328 g/mol. The minimum Gasteiger partial charge on any atom is -0.382 e. The van der Waals surface area contributed by atoms with Gasteiger partial charge in [0, 0.05) is 52.1 Å². The predicted molar refractivity (Wildman–Crippen MR) is 108 cm³/mol. The Balaban J connectivity index is 1.68. The highest BCUT2D eigenvalue weighted by Gasteiger charge is 2.22. The summed E-state index contributed by atoms with van der Waals surface area (Å²) in [6.07, 6.45) is 2.16. The maximum absolute atomic E-state index is 5.48. The number of nitrogens with zero attached hydrogens (tertiary/aromatic N) is 2. The van der Waals surface area contributed by atoms with Gasteiger partial charge in [-0.3, -0.25) is 4.99 Å². The fourth-order valence-corrected chi connectivity index (χ4v) is 3.04. The number of ether oxygens (including phenoxy) is 2. The first-order valence-electron chi connectivity index (χ1n) is 9.72. The number of nitrogens with one attached hydrogen (secondary N) is 2. The number of anilines is 1. The second-order valence-electron chi connectivity index (χ2n) is 6.54. The first kappa shape index (κ1) is 20.5. The minimum atomic E-state index is 0.614. The summed E-state index contributed by atoms with van der Waals surface area (Å²) in [5.74, 6) is 1.52. The summed E-state index contributed by atoms with van der Waals surface area (Å²) in [5, 5.41) is 6.72. The highest BCUT2D eigenvalue weighted by atomic mass is 16.5. The Morgan fingerprint density at radius 2 is 2.04 bits per heavy atom. The third kappa shape index (κ3) is 7.62. The maximum atomic E-state index is 5.48. The van der Waals surface area contributed by atoms with E-state index >= 15 is 0 Å². The second-order valence-corrected chi connectivity index (χ2v) is 6.54. The number of hydrogen-bond acceptors (Lipinski definition) is 4. The molecule has 0 amide bonds. The molecule has 1 aromatic rings. The third-order valence-electron chi connectivity index (χ3n) is 4.45. The smallest absolute Gasteiger partial charge is 0.191 e. The van der Waals surface area contributed by atoms with Crippen molar-refractivity contribution in [2.45, 2.75) is 19.8 Å². The fourth-order valence-electron chi connectivity index (χ4n) is 3.04. The zero-order valence-electron chi connectivity index (χ0n) is 16.2. The van der Waals surface area contributed by atoms with E-state index in [1.54, 1.807) is 7.11 Å². The van der Waals surface area contributed by atoms with Crippen molar-refractivity contribution in [3.63, 3.8) is 0 Å². The number of rotatable bonds is 11. The van der Waals surface area contributed by atoms with Crippen LogP contribution < -0.4 is 15.5 Å². The first-order valence-corrected chi connectivity index (χ1v) is 9.72. The van der Waals surface area contributed by atoms with Gasteiger partial charge in [0.15, 0.2) is 5.96 Å². The molecule has 0 radical (unpaired) electrons. The van der Waals surface area contributed by atoms with Crippen molar-refractivity contribution in [3.8, 4) is 0 Å². The van der Waals surface area contributed by atoms with E-state index in [1.807, 2.05) is 0 Å². The van der Waals surface area contributed by atoms with Gasteiger partial charge in [0.25, 0.3) is 0 Å². The van der Waals surface area contributed by atoms with E-state index in [0.29, 0.717) is 19.1 Å². The molecule has 6 heteroatoms. The molecule has 1 atom stereocenters. The lowest BCUT2D eigenvalue weighted by Gasteiger charge is -2.18. The van der Waals surface area contributed by atoms with Gasteiger partial charge < -0.3 is 25.0 Å². The molecule has 26 heavy (non-hydrogen) atoms. The highest BCUT2D eigenvalue weighted by Crippen LogP contribution is 2.23. The number of para-hydroxylation sites is 1. The Morgan fingerprint density at radius 3 is 2.81 bits per heavy atom. The largest absolute Gasteiger partial charge is 0.382 e. The second kappa shape index (κ2) is 12.5. The van der Waals surface area contributed by atoms with Gasteiger partial charge in [-0.05, 0) is 37.8 Å². The Morgan fingerprint density at radius 1 is 1.19 bits per heavy atom. The third-order valence-corrected chi connectivity index (χ3v) is 4.45. The molecule has 6 nitrogen and oxygen atoms in total. The van der Waals surface area contributed by atoms with Crippen molar-refractivity contribution in [1.29, 1.82) is 0 Å². The Hall–Kier alpha value is -1.79. The molecule has 0 saturated carbocycles. The van der Waals surface area contributed by atoms with Crippen LogP contribution in [0.1, 0.15) is 19.8 Å². The summed E-state index contributed by atoms with van der Waals surface area (Å²) < 4.78 is 10.4. The van der Waals surface area contributed by atoms with Gasteiger partial charge >= 0.3 is 0 Å². The number of aliphatic imine (C=N–C) groups is 1. The lowest BCUT2D eigenvalue weighted by Crippen LogP contribution is -2.38. The summed E-state index contributed by atoms with van der Waals surface area (Å²) in [5.41, 5.74) is 1.32. The SMILES string of the molecule is CCNC(=NCC1CCN(c2ccccc2)C1)NCCCOCCOC. The monoisotopic (exact) mass is 362 g/mol. The van der Waals surface area contributed by atoms with Crippen molar-refractivity contribution in [3.05, 3.63) is 30.3 Å². The van der Waals surface area contributed by atoms with Crippen molar-refractivity contribution in [1.82, 2.24) is 10.6 Å². The number of hydrogen-bond donors (Lipinski definition) is 2. The van der Waals surface area contributed by atoms with Gasteiger partial charge in [-0.2, -0.15) is 0 Å². The molecule has 0 bridgehead atoms. The number of benzene rings is 1. The van der Waals surface area contributed by atoms with Gasteiger partial charge in [0.05, 0.1) is 13.2 Å². The van der Waals surface area contributed by atoms with Crippen LogP contribution in [0.5, 0.6) is 0 Å². The van der Waals surface area contributed by atoms with Crippen molar-refractivity contribution in [2.24, 2.45) is 10.9 Å². The molecule has 1 aliphatic heterocycles. The molecule has 0 aliphatic carbocycles. The Kier molecular flexibility index (Phi) is 9.90. The van der Waals surface area contributed by atoms with Gasteiger partial charge in [0.1, 0.15) is 0 Å². The fraction of sp³-hybridized carbons (Fsp3) is 0.650. The summed E-state index contributed by atoms with van der Waals surface area (Å²) in [7, 11) is 1.69. The van der Waals surface area contributed by atoms with Crippen molar-refractivity contribution < 1.29 is 9.47 Å². The molecule has 0 spiro atoms. The van der Waals surface area contributed by atoms with Gasteiger partial charge in [-0.25, -0.2) is 0 Å². The van der Waals surface area contributed by atoms with E-state index in [4.69, 9.17) is 14.5 Å². The number of guanidine groups is 1. The molecule has 1 aliphatic rings. The van der Waals surface area contributed by atoms with Gasteiger partial charge in [0.2, 0.25) is 0 Å².